The molecule has 0 radical (unpaired) electrons. The lowest BCUT2D eigenvalue weighted by Crippen LogP contribution is -2.34. The number of rotatable bonds is 8. The summed E-state index contributed by atoms with van der Waals surface area (Å²) in [5, 5.41) is 9.58. The van der Waals surface area contributed by atoms with Crippen molar-refractivity contribution in [1.29, 1.82) is 0 Å². The molecule has 0 unspecified atom stereocenters. The maximum absolute atomic E-state index is 13.0. The van der Waals surface area contributed by atoms with Crippen LogP contribution >= 0.6 is 11.6 Å². The number of ether oxygens (including phenoxy) is 1. The highest BCUT2D eigenvalue weighted by Crippen LogP contribution is 2.18. The quantitative estimate of drug-likeness (QED) is 0.511. The molecule has 0 aliphatic heterocycles. The van der Waals surface area contributed by atoms with Crippen molar-refractivity contribution in [2.45, 2.75) is 6.54 Å². The molecule has 0 saturated heterocycles. The molecule has 156 valence electrons. The number of aromatic amines is 1. The first-order chi connectivity index (χ1) is 14.5. The number of H-pyrrole nitrogens is 1. The van der Waals surface area contributed by atoms with Crippen LogP contribution in [0.4, 0.5) is 5.82 Å². The number of nitrogens with one attached hydrogen (secondary N) is 2. The van der Waals surface area contributed by atoms with Crippen LogP contribution in [-0.2, 0) is 6.54 Å². The van der Waals surface area contributed by atoms with Gasteiger partial charge in [0.05, 0.1) is 6.54 Å². The molecule has 0 bridgehead atoms. The third-order valence-electron chi connectivity index (χ3n) is 4.40. The predicted octanol–water partition coefficient (Wildman–Crippen LogP) is 2.73. The molecule has 0 atom stereocenters. The van der Waals surface area contributed by atoms with Crippen LogP contribution in [0.5, 0.6) is 5.75 Å². The topological polar surface area (TPSA) is 113 Å². The van der Waals surface area contributed by atoms with Crippen molar-refractivity contribution in [3.8, 4) is 5.75 Å². The van der Waals surface area contributed by atoms with E-state index < -0.39 is 0 Å². The second kappa shape index (κ2) is 9.80. The highest BCUT2D eigenvalue weighted by molar-refractivity contribution is 6.30. The first-order valence-electron chi connectivity index (χ1n) is 9.26. The minimum absolute atomic E-state index is 0.125. The van der Waals surface area contributed by atoms with Gasteiger partial charge in [-0.3, -0.25) is 14.7 Å². The van der Waals surface area contributed by atoms with Gasteiger partial charge in [0.15, 0.2) is 5.82 Å². The SMILES string of the molecule is CNC(=O)c1cccc(CN(CCOc2cccc(Cl)c2)C(=O)c2c[nH]nc2N)c1. The fourth-order valence-corrected chi connectivity index (χ4v) is 3.08. The van der Waals surface area contributed by atoms with Crippen molar-refractivity contribution in [3.05, 3.63) is 76.4 Å². The van der Waals surface area contributed by atoms with Gasteiger partial charge in [-0.25, -0.2) is 0 Å². The zero-order chi connectivity index (χ0) is 21.5. The van der Waals surface area contributed by atoms with Gasteiger partial charge >= 0.3 is 0 Å². The van der Waals surface area contributed by atoms with E-state index in [0.29, 0.717) is 22.9 Å². The second-order valence-electron chi connectivity index (χ2n) is 6.50. The van der Waals surface area contributed by atoms with E-state index in [-0.39, 0.29) is 36.3 Å². The van der Waals surface area contributed by atoms with Gasteiger partial charge in [-0.05, 0) is 35.9 Å². The minimum atomic E-state index is -0.290. The molecule has 9 heteroatoms. The number of hydrogen-bond acceptors (Lipinski definition) is 5. The van der Waals surface area contributed by atoms with Crippen LogP contribution in [0.3, 0.4) is 0 Å². The molecular formula is C21H22ClN5O3. The normalized spacial score (nSPS) is 10.5. The van der Waals surface area contributed by atoms with Crippen LogP contribution in [-0.4, -0.2) is 47.1 Å². The summed E-state index contributed by atoms with van der Waals surface area (Å²) in [6.45, 7) is 0.812. The van der Waals surface area contributed by atoms with Crippen molar-refractivity contribution < 1.29 is 14.3 Å². The summed E-state index contributed by atoms with van der Waals surface area (Å²) < 4.78 is 5.73. The standard InChI is InChI=1S/C21H22ClN5O3/c1-24-20(28)15-5-2-4-14(10-15)13-27(21(29)18-12-25-26-19(18)23)8-9-30-17-7-3-6-16(22)11-17/h2-7,10-12H,8-9,13H2,1H3,(H,24,28)(H3,23,25,26). The largest absolute Gasteiger partial charge is 0.492 e. The Morgan fingerprint density at radius 1 is 1.23 bits per heavy atom. The Morgan fingerprint density at radius 3 is 2.73 bits per heavy atom. The highest BCUT2D eigenvalue weighted by Gasteiger charge is 2.20. The zero-order valence-electron chi connectivity index (χ0n) is 16.4. The second-order valence-corrected chi connectivity index (χ2v) is 6.93. The fourth-order valence-electron chi connectivity index (χ4n) is 2.90. The lowest BCUT2D eigenvalue weighted by molar-refractivity contribution is 0.0717. The van der Waals surface area contributed by atoms with E-state index in [9.17, 15) is 9.59 Å². The van der Waals surface area contributed by atoms with Crippen LogP contribution in [0.2, 0.25) is 5.02 Å². The van der Waals surface area contributed by atoms with Gasteiger partial charge in [-0.15, -0.1) is 0 Å². The lowest BCUT2D eigenvalue weighted by Gasteiger charge is -2.23. The fraction of sp³-hybridized carbons (Fsp3) is 0.190. The predicted molar refractivity (Wildman–Crippen MR) is 115 cm³/mol. The number of nitrogens with zero attached hydrogens (tertiary/aromatic N) is 2. The number of carbonyl (C=O) groups is 2. The summed E-state index contributed by atoms with van der Waals surface area (Å²) in [6.07, 6.45) is 1.46. The summed E-state index contributed by atoms with van der Waals surface area (Å²) in [5.41, 5.74) is 7.39. The van der Waals surface area contributed by atoms with Crippen molar-refractivity contribution >= 4 is 29.2 Å². The summed E-state index contributed by atoms with van der Waals surface area (Å²) in [5.74, 6) is 0.249. The van der Waals surface area contributed by atoms with Crippen molar-refractivity contribution in [1.82, 2.24) is 20.4 Å². The van der Waals surface area contributed by atoms with Crippen LogP contribution in [0.1, 0.15) is 26.3 Å². The maximum atomic E-state index is 13.0. The van der Waals surface area contributed by atoms with Gasteiger partial charge < -0.3 is 20.7 Å². The average Bonchev–Trinajstić information content (AvgIpc) is 3.18. The van der Waals surface area contributed by atoms with Crippen LogP contribution in [0.15, 0.2) is 54.7 Å². The van der Waals surface area contributed by atoms with E-state index in [0.717, 1.165) is 5.56 Å². The number of halogens is 1. The van der Waals surface area contributed by atoms with Crippen molar-refractivity contribution in [2.24, 2.45) is 0 Å². The Bertz CT molecular complexity index is 1040. The Morgan fingerprint density at radius 2 is 2.03 bits per heavy atom. The first-order valence-corrected chi connectivity index (χ1v) is 9.63. The van der Waals surface area contributed by atoms with Crippen LogP contribution in [0.25, 0.3) is 0 Å². The Kier molecular flexibility index (Phi) is 6.92. The van der Waals surface area contributed by atoms with Gasteiger partial charge in [0.1, 0.15) is 17.9 Å². The number of anilines is 1. The molecule has 4 N–H and O–H groups in total. The molecule has 30 heavy (non-hydrogen) atoms. The molecule has 1 heterocycles. The number of nitrogen functional groups attached to an aromatic ring is 1. The van der Waals surface area contributed by atoms with Gasteiger partial charge in [0.2, 0.25) is 0 Å². The Labute approximate surface area is 179 Å². The molecule has 0 saturated carbocycles. The van der Waals surface area contributed by atoms with E-state index in [1.54, 1.807) is 54.4 Å². The zero-order valence-corrected chi connectivity index (χ0v) is 17.1. The molecule has 3 aromatic rings. The van der Waals surface area contributed by atoms with Crippen LogP contribution in [0, 0.1) is 0 Å². The third kappa shape index (κ3) is 5.30. The number of hydrogen-bond donors (Lipinski definition) is 3. The monoisotopic (exact) mass is 427 g/mol. The van der Waals surface area contributed by atoms with Crippen LogP contribution < -0.4 is 15.8 Å². The summed E-state index contributed by atoms with van der Waals surface area (Å²) >= 11 is 5.98. The molecule has 0 aliphatic carbocycles. The van der Waals surface area contributed by atoms with Crippen molar-refractivity contribution in [2.75, 3.05) is 25.9 Å². The maximum Gasteiger partial charge on any atom is 0.259 e. The van der Waals surface area contributed by atoms with Gasteiger partial charge in [0.25, 0.3) is 11.8 Å². The summed E-state index contributed by atoms with van der Waals surface area (Å²) in [6, 6.07) is 14.1. The van der Waals surface area contributed by atoms with Crippen molar-refractivity contribution in [3.63, 3.8) is 0 Å². The molecule has 8 nitrogen and oxygen atoms in total. The number of amides is 2. The molecule has 1 aromatic heterocycles. The molecule has 0 fully saturated rings. The Hall–Kier alpha value is -3.52. The molecule has 3 rings (SSSR count). The number of carbonyl (C=O) groups excluding carboxylic acids is 2. The van der Waals surface area contributed by atoms with E-state index >= 15 is 0 Å². The summed E-state index contributed by atoms with van der Waals surface area (Å²) in [7, 11) is 1.57. The minimum Gasteiger partial charge on any atom is -0.492 e. The molecule has 0 spiro atoms. The van der Waals surface area contributed by atoms with E-state index in [1.807, 2.05) is 6.07 Å². The molecule has 2 amide bonds. The number of benzene rings is 2. The molecule has 2 aromatic carbocycles. The summed E-state index contributed by atoms with van der Waals surface area (Å²) in [4.78, 5) is 26.5. The smallest absolute Gasteiger partial charge is 0.259 e. The molecule has 0 aliphatic rings. The first kappa shape index (κ1) is 21.2. The van der Waals surface area contributed by atoms with Gasteiger partial charge in [-0.1, -0.05) is 29.8 Å². The average molecular weight is 428 g/mol. The van der Waals surface area contributed by atoms with Gasteiger partial charge in [0, 0.05) is 30.4 Å². The van der Waals surface area contributed by atoms with E-state index in [1.165, 1.54) is 6.20 Å². The number of aromatic nitrogens is 2. The van der Waals surface area contributed by atoms with Gasteiger partial charge in [-0.2, -0.15) is 5.10 Å². The molecular weight excluding hydrogens is 406 g/mol. The van der Waals surface area contributed by atoms with E-state index in [2.05, 4.69) is 15.5 Å². The Balaban J connectivity index is 1.76. The highest BCUT2D eigenvalue weighted by atomic mass is 35.5. The third-order valence-corrected chi connectivity index (χ3v) is 4.64. The number of nitrogens with two attached hydrogens (primary N) is 1. The van der Waals surface area contributed by atoms with E-state index in [4.69, 9.17) is 22.1 Å². The lowest BCUT2D eigenvalue weighted by atomic mass is 10.1.